The van der Waals surface area contributed by atoms with Gasteiger partial charge in [0.1, 0.15) is 0 Å². The summed E-state index contributed by atoms with van der Waals surface area (Å²) in [6.45, 7) is 0. The number of rotatable bonds is 5. The Bertz CT molecular complexity index is 3780. The SMILES string of the molecule is [2H]c1cc([2H])c2c(c1[2H])c1c([2H])c([2H])cc([2H])c1n2-c1cccc(-c2nc(-c3ccc4ccccc4c3)nc(-c3ccc4ccccc4c3)n2)c1-c1cccc2c1sc1ccccc12. The number of hydrogen-bond donors (Lipinski definition) is 0. The van der Waals surface area contributed by atoms with Gasteiger partial charge in [0.25, 0.3) is 0 Å². The summed E-state index contributed by atoms with van der Waals surface area (Å²) in [5.74, 6) is 1.37. The zero-order chi connectivity index (χ0) is 43.4. The van der Waals surface area contributed by atoms with Gasteiger partial charge in [0.15, 0.2) is 17.5 Å². The van der Waals surface area contributed by atoms with Crippen LogP contribution in [0.3, 0.4) is 0 Å². The topological polar surface area (TPSA) is 43.6 Å². The monoisotopic (exact) mass is 762 g/mol. The first kappa shape index (κ1) is 27.2. The maximum atomic E-state index is 9.35. The minimum Gasteiger partial charge on any atom is -0.309 e. The van der Waals surface area contributed by atoms with Crippen molar-refractivity contribution in [1.29, 1.82) is 0 Å². The average molecular weight is 763 g/mol. The van der Waals surface area contributed by atoms with E-state index in [1.165, 1.54) is 12.1 Å². The summed E-state index contributed by atoms with van der Waals surface area (Å²) in [6, 6.07) is 51.0. The van der Waals surface area contributed by atoms with E-state index in [1.807, 2.05) is 72.8 Å². The van der Waals surface area contributed by atoms with Gasteiger partial charge in [-0.05, 0) is 57.9 Å². The second-order valence-corrected chi connectivity index (χ2v) is 15.4. The molecule has 0 saturated heterocycles. The summed E-state index contributed by atoms with van der Waals surface area (Å²) in [7, 11) is 0. The Balaban J connectivity index is 1.23. The highest BCUT2D eigenvalue weighted by Gasteiger charge is 2.24. The van der Waals surface area contributed by atoms with Gasteiger partial charge in [-0.25, -0.2) is 15.0 Å². The van der Waals surface area contributed by atoms with Crippen LogP contribution in [0, 0.1) is 0 Å². The Labute approximate surface area is 346 Å². The van der Waals surface area contributed by atoms with Crippen molar-refractivity contribution in [2.45, 2.75) is 0 Å². The smallest absolute Gasteiger partial charge is 0.164 e. The van der Waals surface area contributed by atoms with Gasteiger partial charge in [-0.3, -0.25) is 0 Å². The van der Waals surface area contributed by atoms with Crippen LogP contribution in [0.4, 0.5) is 0 Å². The molecule has 0 radical (unpaired) electrons. The lowest BCUT2D eigenvalue weighted by Gasteiger charge is -2.19. The molecule has 0 amide bonds. The molecule has 270 valence electrons. The molecule has 0 aliphatic heterocycles. The number of para-hydroxylation sites is 2. The number of aromatic nitrogens is 4. The largest absolute Gasteiger partial charge is 0.309 e. The van der Waals surface area contributed by atoms with E-state index in [0.29, 0.717) is 34.3 Å². The average Bonchev–Trinajstić information content (AvgIpc) is 3.90. The van der Waals surface area contributed by atoms with Gasteiger partial charge in [0.05, 0.1) is 24.9 Å². The van der Waals surface area contributed by atoms with Crippen LogP contribution in [0.25, 0.3) is 115 Å². The first-order valence-electron chi connectivity index (χ1n) is 22.0. The van der Waals surface area contributed by atoms with Crippen LogP contribution in [0.1, 0.15) is 8.22 Å². The molecule has 0 spiro atoms. The normalized spacial score (nSPS) is 13.2. The van der Waals surface area contributed by atoms with E-state index < -0.39 is 0 Å². The van der Waals surface area contributed by atoms with E-state index in [4.69, 9.17) is 20.4 Å². The van der Waals surface area contributed by atoms with Crippen LogP contribution >= 0.6 is 11.3 Å². The summed E-state index contributed by atoms with van der Waals surface area (Å²) in [4.78, 5) is 15.8. The van der Waals surface area contributed by atoms with Crippen molar-refractivity contribution in [1.82, 2.24) is 19.5 Å². The summed E-state index contributed by atoms with van der Waals surface area (Å²) in [6.07, 6.45) is 0. The maximum Gasteiger partial charge on any atom is 0.164 e. The molecule has 3 aromatic heterocycles. The second-order valence-electron chi connectivity index (χ2n) is 14.3. The summed E-state index contributed by atoms with van der Waals surface area (Å²) >= 11 is 1.67. The Kier molecular flexibility index (Phi) is 6.12. The Morgan fingerprint density at radius 1 is 0.431 bits per heavy atom. The molecule has 12 aromatic rings. The van der Waals surface area contributed by atoms with Crippen molar-refractivity contribution in [2.75, 3.05) is 0 Å². The zero-order valence-electron chi connectivity index (χ0n) is 36.7. The van der Waals surface area contributed by atoms with E-state index in [9.17, 15) is 2.74 Å². The third-order valence-electron chi connectivity index (χ3n) is 11.0. The first-order chi connectivity index (χ1) is 31.2. The Morgan fingerprint density at radius 2 is 0.983 bits per heavy atom. The van der Waals surface area contributed by atoms with Crippen LogP contribution in [0.5, 0.6) is 0 Å². The third-order valence-corrected chi connectivity index (χ3v) is 12.2. The molecule has 0 bridgehead atoms. The van der Waals surface area contributed by atoms with Crippen LogP contribution in [-0.2, 0) is 0 Å². The molecular formula is C53H32N4S. The molecule has 0 aliphatic carbocycles. The van der Waals surface area contributed by atoms with E-state index in [2.05, 4.69) is 72.8 Å². The fourth-order valence-corrected chi connectivity index (χ4v) is 9.53. The molecule has 3 heterocycles. The van der Waals surface area contributed by atoms with E-state index in [-0.39, 0.29) is 58.1 Å². The Morgan fingerprint density at radius 3 is 1.66 bits per heavy atom. The van der Waals surface area contributed by atoms with E-state index >= 15 is 0 Å². The number of benzene rings is 9. The van der Waals surface area contributed by atoms with Crippen molar-refractivity contribution < 1.29 is 8.22 Å². The van der Waals surface area contributed by atoms with Gasteiger partial charge < -0.3 is 4.57 Å². The Hall–Kier alpha value is -7.47. The van der Waals surface area contributed by atoms with Crippen molar-refractivity contribution in [2.24, 2.45) is 0 Å². The molecule has 0 unspecified atom stereocenters. The molecule has 0 fully saturated rings. The highest BCUT2D eigenvalue weighted by molar-refractivity contribution is 7.26. The van der Waals surface area contributed by atoms with Gasteiger partial charge in [0.2, 0.25) is 0 Å². The molecule has 0 N–H and O–H groups in total. The number of thiophene rings is 1. The van der Waals surface area contributed by atoms with Crippen LogP contribution in [0.2, 0.25) is 0 Å². The van der Waals surface area contributed by atoms with Crippen LogP contribution in [-0.4, -0.2) is 19.5 Å². The third kappa shape index (κ3) is 5.18. The minimum absolute atomic E-state index is 0.0358. The highest BCUT2D eigenvalue weighted by atomic mass is 32.1. The number of nitrogens with zero attached hydrogens (tertiary/aromatic N) is 4. The lowest BCUT2D eigenvalue weighted by atomic mass is 9.95. The maximum absolute atomic E-state index is 9.35. The number of hydrogen-bond acceptors (Lipinski definition) is 4. The number of fused-ring (bicyclic) bond motifs is 8. The highest BCUT2D eigenvalue weighted by Crippen LogP contribution is 2.46. The molecule has 0 atom stereocenters. The van der Waals surface area contributed by atoms with Crippen LogP contribution in [0.15, 0.2) is 194 Å². The lowest BCUT2D eigenvalue weighted by molar-refractivity contribution is 1.07. The van der Waals surface area contributed by atoms with Gasteiger partial charge in [-0.1, -0.05) is 158 Å². The van der Waals surface area contributed by atoms with Crippen LogP contribution < -0.4 is 0 Å². The first-order valence-corrected chi connectivity index (χ1v) is 19.8. The van der Waals surface area contributed by atoms with Crippen molar-refractivity contribution >= 4 is 74.9 Å². The van der Waals surface area contributed by atoms with Crippen molar-refractivity contribution in [3.8, 4) is 51.0 Å². The second kappa shape index (κ2) is 13.1. The molecule has 12 rings (SSSR count). The molecule has 4 nitrogen and oxygen atoms in total. The molecule has 0 aliphatic rings. The van der Waals surface area contributed by atoms with E-state index in [0.717, 1.165) is 58.4 Å². The quantitative estimate of drug-likeness (QED) is 0.175. The standard InChI is InChI=1S/C53H32N4S/c1-3-15-35-31-37(29-27-33(35)13-1)51-54-52(38-30-28-34-14-2-4-16-36(34)32-38)56-53(55-51)44-22-12-25-47(57-45-23-8-5-17-39(45)40-18-6-9-24-46(40)57)49(44)43-21-11-20-42-41-19-7-10-26-48(41)58-50(42)43/h1-32H/i5D,6D,17D,18D,23D,24D. The van der Waals surface area contributed by atoms with Gasteiger partial charge in [-0.15, -0.1) is 11.3 Å². The summed E-state index contributed by atoms with van der Waals surface area (Å²) in [5, 5.41) is 6.84. The summed E-state index contributed by atoms with van der Waals surface area (Å²) in [5.41, 5.74) is 4.98. The predicted octanol–water partition coefficient (Wildman–Crippen LogP) is 14.3. The molecular weight excluding hydrogens is 725 g/mol. The fraction of sp³-hybridized carbons (Fsp3) is 0. The molecule has 0 saturated carbocycles. The predicted molar refractivity (Wildman–Crippen MR) is 244 cm³/mol. The minimum atomic E-state index is -0.172. The van der Waals surface area contributed by atoms with E-state index in [1.54, 1.807) is 15.9 Å². The zero-order valence-corrected chi connectivity index (χ0v) is 31.5. The van der Waals surface area contributed by atoms with Crippen molar-refractivity contribution in [3.05, 3.63) is 194 Å². The van der Waals surface area contributed by atoms with Crippen molar-refractivity contribution in [3.63, 3.8) is 0 Å². The van der Waals surface area contributed by atoms with Gasteiger partial charge in [-0.2, -0.15) is 0 Å². The lowest BCUT2D eigenvalue weighted by Crippen LogP contribution is -2.04. The molecule has 9 aromatic carbocycles. The molecule has 58 heavy (non-hydrogen) atoms. The molecule has 5 heteroatoms. The van der Waals surface area contributed by atoms with Gasteiger partial charge in [0, 0.05) is 58.8 Å². The summed E-state index contributed by atoms with van der Waals surface area (Å²) < 4.78 is 58.2. The van der Waals surface area contributed by atoms with Gasteiger partial charge >= 0.3 is 0 Å². The fourth-order valence-electron chi connectivity index (χ4n) is 8.31.